The first-order chi connectivity index (χ1) is 17.0. The van der Waals surface area contributed by atoms with E-state index in [-0.39, 0.29) is 34.6 Å². The number of hydrogen-bond donors (Lipinski definition) is 3. The molecule has 6 nitrogen and oxygen atoms in total. The van der Waals surface area contributed by atoms with Gasteiger partial charge in [-0.1, -0.05) is 44.2 Å². The highest BCUT2D eigenvalue weighted by molar-refractivity contribution is 5.94. The number of ether oxygens (including phenoxy) is 1. The molecule has 0 heterocycles. The Morgan fingerprint density at radius 1 is 1.00 bits per heavy atom. The molecule has 0 saturated heterocycles. The number of methoxy groups -OCH3 is 1. The molecule has 4 rings (SSSR count). The molecule has 194 valence electrons. The van der Waals surface area contributed by atoms with E-state index < -0.39 is 5.60 Å². The van der Waals surface area contributed by atoms with Gasteiger partial charge in [-0.25, -0.2) is 0 Å². The van der Waals surface area contributed by atoms with Gasteiger partial charge in [-0.05, 0) is 85.6 Å². The van der Waals surface area contributed by atoms with Crippen LogP contribution >= 0.6 is 0 Å². The second-order valence-corrected chi connectivity index (χ2v) is 11.7. The number of aliphatic hydroxyl groups is 1. The molecule has 6 heteroatoms. The Morgan fingerprint density at radius 3 is 2.36 bits per heavy atom. The van der Waals surface area contributed by atoms with Crippen LogP contribution < -0.4 is 15.4 Å². The summed E-state index contributed by atoms with van der Waals surface area (Å²) >= 11 is 0. The van der Waals surface area contributed by atoms with E-state index in [0.717, 1.165) is 24.2 Å². The van der Waals surface area contributed by atoms with Crippen LogP contribution in [0.3, 0.4) is 0 Å². The summed E-state index contributed by atoms with van der Waals surface area (Å²) in [6.07, 6.45) is 4.06. The maximum atomic E-state index is 13.2. The third-order valence-electron chi connectivity index (χ3n) is 8.64. The Hall–Kier alpha value is -2.86. The van der Waals surface area contributed by atoms with Crippen molar-refractivity contribution in [3.8, 4) is 5.75 Å². The van der Waals surface area contributed by atoms with Crippen LogP contribution in [0.25, 0.3) is 0 Å². The molecule has 0 spiro atoms. The molecule has 3 N–H and O–H groups in total. The molecule has 2 saturated carbocycles. The molecule has 0 radical (unpaired) electrons. The normalized spacial score (nSPS) is 28.7. The number of fused-ring (bicyclic) bond motifs is 1. The molecular formula is C30H40N2O4. The summed E-state index contributed by atoms with van der Waals surface area (Å²) in [6, 6.07) is 16.9. The largest absolute Gasteiger partial charge is 0.497 e. The predicted molar refractivity (Wildman–Crippen MR) is 141 cm³/mol. The molecular weight excluding hydrogens is 452 g/mol. The number of carbonyl (C=O) groups is 2. The van der Waals surface area contributed by atoms with Crippen molar-refractivity contribution in [3.05, 3.63) is 65.7 Å². The van der Waals surface area contributed by atoms with Gasteiger partial charge in [0.25, 0.3) is 5.91 Å². The minimum atomic E-state index is -0.722. The Kier molecular flexibility index (Phi) is 7.46. The van der Waals surface area contributed by atoms with E-state index in [4.69, 9.17) is 4.74 Å². The van der Waals surface area contributed by atoms with Crippen LogP contribution in [-0.4, -0.2) is 35.7 Å². The third-order valence-corrected chi connectivity index (χ3v) is 8.64. The van der Waals surface area contributed by atoms with Crippen molar-refractivity contribution >= 4 is 11.8 Å². The summed E-state index contributed by atoms with van der Waals surface area (Å²) in [7, 11) is 1.63. The van der Waals surface area contributed by atoms with Crippen molar-refractivity contribution in [2.75, 3.05) is 7.11 Å². The van der Waals surface area contributed by atoms with E-state index in [1.54, 1.807) is 7.11 Å². The first kappa shape index (κ1) is 26.2. The summed E-state index contributed by atoms with van der Waals surface area (Å²) in [5.41, 5.74) is 0.657. The van der Waals surface area contributed by atoms with Gasteiger partial charge >= 0.3 is 0 Å². The highest BCUT2D eigenvalue weighted by Gasteiger charge is 2.61. The van der Waals surface area contributed by atoms with Crippen molar-refractivity contribution in [1.82, 2.24) is 10.6 Å². The lowest BCUT2D eigenvalue weighted by atomic mass is 9.57. The fourth-order valence-electron chi connectivity index (χ4n) is 6.64. The number of nitrogens with one attached hydrogen (secondary N) is 2. The van der Waals surface area contributed by atoms with Crippen molar-refractivity contribution in [2.45, 2.75) is 77.5 Å². The Labute approximate surface area is 214 Å². The summed E-state index contributed by atoms with van der Waals surface area (Å²) in [5.74, 6) is 0.937. The highest BCUT2D eigenvalue weighted by Crippen LogP contribution is 2.63. The standard InChI is InChI=1S/C30H40N2O4/c1-28(2)19-25(32-27(34)22-8-6-5-7-9-22)30(17-16-29(3,35)18-24(28)30)15-14-26(33)31-20-21-10-12-23(36-4)13-11-21/h5-13,24-25,35H,14-20H2,1-4H3,(H,31,33)(H,32,34)/t24-,25-,29-,30-/m0/s1. The van der Waals surface area contributed by atoms with Gasteiger partial charge in [0, 0.05) is 24.6 Å². The first-order valence-corrected chi connectivity index (χ1v) is 13.0. The molecule has 2 fully saturated rings. The second-order valence-electron chi connectivity index (χ2n) is 11.7. The number of carbonyl (C=O) groups excluding carboxylic acids is 2. The molecule has 36 heavy (non-hydrogen) atoms. The summed E-state index contributed by atoms with van der Waals surface area (Å²) in [6.45, 7) is 6.87. The summed E-state index contributed by atoms with van der Waals surface area (Å²) < 4.78 is 5.20. The third kappa shape index (κ3) is 5.59. The van der Waals surface area contributed by atoms with E-state index in [1.807, 2.05) is 61.5 Å². The molecule has 2 aliphatic carbocycles. The molecule has 2 aromatic carbocycles. The zero-order chi connectivity index (χ0) is 26.0. The van der Waals surface area contributed by atoms with Crippen LogP contribution in [0.4, 0.5) is 0 Å². The van der Waals surface area contributed by atoms with Crippen LogP contribution in [0.5, 0.6) is 5.75 Å². The Balaban J connectivity index is 1.49. The molecule has 4 atom stereocenters. The van der Waals surface area contributed by atoms with Gasteiger partial charge in [0.05, 0.1) is 12.7 Å². The highest BCUT2D eigenvalue weighted by atomic mass is 16.5. The van der Waals surface area contributed by atoms with Gasteiger partial charge in [0.2, 0.25) is 5.91 Å². The Morgan fingerprint density at radius 2 is 1.69 bits per heavy atom. The van der Waals surface area contributed by atoms with Crippen LogP contribution in [0.1, 0.15) is 75.2 Å². The number of rotatable bonds is 8. The molecule has 0 aliphatic heterocycles. The lowest BCUT2D eigenvalue weighted by molar-refractivity contribution is -0.123. The van der Waals surface area contributed by atoms with Gasteiger partial charge < -0.3 is 20.5 Å². The average molecular weight is 493 g/mol. The fraction of sp³-hybridized carbons (Fsp3) is 0.533. The van der Waals surface area contributed by atoms with E-state index in [0.29, 0.717) is 37.8 Å². The molecule has 0 unspecified atom stereocenters. The molecule has 0 aromatic heterocycles. The van der Waals surface area contributed by atoms with E-state index in [1.165, 1.54) is 0 Å². The van der Waals surface area contributed by atoms with Gasteiger partial charge in [-0.15, -0.1) is 0 Å². The summed E-state index contributed by atoms with van der Waals surface area (Å²) in [5, 5.41) is 17.4. The predicted octanol–water partition coefficient (Wildman–Crippen LogP) is 4.86. The molecule has 0 bridgehead atoms. The first-order valence-electron chi connectivity index (χ1n) is 13.0. The van der Waals surface area contributed by atoms with Crippen molar-refractivity contribution in [2.24, 2.45) is 16.7 Å². The molecule has 2 aliphatic rings. The molecule has 2 aromatic rings. The van der Waals surface area contributed by atoms with Gasteiger partial charge in [-0.2, -0.15) is 0 Å². The summed E-state index contributed by atoms with van der Waals surface area (Å²) in [4.78, 5) is 26.1. The van der Waals surface area contributed by atoms with Gasteiger partial charge in [0.1, 0.15) is 5.75 Å². The number of hydrogen-bond acceptors (Lipinski definition) is 4. The lowest BCUT2D eigenvalue weighted by Gasteiger charge is -2.50. The molecule has 2 amide bonds. The number of benzene rings is 2. The minimum absolute atomic E-state index is 0.00844. The fourth-order valence-corrected chi connectivity index (χ4v) is 6.64. The van der Waals surface area contributed by atoms with Crippen molar-refractivity contribution in [3.63, 3.8) is 0 Å². The van der Waals surface area contributed by atoms with Crippen LogP contribution in [0.2, 0.25) is 0 Å². The van der Waals surface area contributed by atoms with Crippen LogP contribution in [-0.2, 0) is 11.3 Å². The zero-order valence-corrected chi connectivity index (χ0v) is 22.0. The van der Waals surface area contributed by atoms with Crippen molar-refractivity contribution < 1.29 is 19.4 Å². The van der Waals surface area contributed by atoms with Crippen molar-refractivity contribution in [1.29, 1.82) is 0 Å². The zero-order valence-electron chi connectivity index (χ0n) is 22.0. The maximum Gasteiger partial charge on any atom is 0.251 e. The lowest BCUT2D eigenvalue weighted by Crippen LogP contribution is -2.52. The van der Waals surface area contributed by atoms with Gasteiger partial charge in [0.15, 0.2) is 0 Å². The van der Waals surface area contributed by atoms with E-state index in [2.05, 4.69) is 24.5 Å². The second kappa shape index (κ2) is 10.3. The monoisotopic (exact) mass is 492 g/mol. The van der Waals surface area contributed by atoms with E-state index in [9.17, 15) is 14.7 Å². The van der Waals surface area contributed by atoms with Crippen LogP contribution in [0, 0.1) is 16.7 Å². The topological polar surface area (TPSA) is 87.7 Å². The van der Waals surface area contributed by atoms with Crippen LogP contribution in [0.15, 0.2) is 54.6 Å². The number of amides is 2. The van der Waals surface area contributed by atoms with Gasteiger partial charge in [-0.3, -0.25) is 9.59 Å². The minimum Gasteiger partial charge on any atom is -0.497 e. The van der Waals surface area contributed by atoms with E-state index >= 15 is 0 Å². The Bertz CT molecular complexity index is 1060. The average Bonchev–Trinajstić information content (AvgIpc) is 3.07. The SMILES string of the molecule is COc1ccc(CNC(=O)CC[C@]23CC[C@](C)(O)C[C@H]2C(C)(C)C[C@@H]3NC(=O)c2ccccc2)cc1. The quantitative estimate of drug-likeness (QED) is 0.491. The maximum absolute atomic E-state index is 13.2. The smallest absolute Gasteiger partial charge is 0.251 e.